The molecule has 72 valence electrons. The van der Waals surface area contributed by atoms with Crippen molar-refractivity contribution in [3.63, 3.8) is 0 Å². The molecular formula is C8H17NO3. The summed E-state index contributed by atoms with van der Waals surface area (Å²) in [6.07, 6.45) is 2.40. The van der Waals surface area contributed by atoms with E-state index in [0.29, 0.717) is 12.8 Å². The lowest BCUT2D eigenvalue weighted by atomic mass is 9.90. The van der Waals surface area contributed by atoms with Crippen molar-refractivity contribution < 1.29 is 10.0 Å². The van der Waals surface area contributed by atoms with Crippen LogP contribution >= 0.6 is 0 Å². The van der Waals surface area contributed by atoms with Gasteiger partial charge in [-0.3, -0.25) is 10.1 Å². The van der Waals surface area contributed by atoms with E-state index in [1.54, 1.807) is 0 Å². The fourth-order valence-electron chi connectivity index (χ4n) is 1.45. The molecule has 0 spiro atoms. The summed E-state index contributed by atoms with van der Waals surface area (Å²) in [5, 5.41) is 19.6. The average Bonchev–Trinajstić information content (AvgIpc) is 2.03. The quantitative estimate of drug-likeness (QED) is 0.492. The predicted octanol–water partition coefficient (Wildman–Crippen LogP) is 1.59. The zero-order valence-corrected chi connectivity index (χ0v) is 7.75. The average molecular weight is 175 g/mol. The van der Waals surface area contributed by atoms with E-state index >= 15 is 0 Å². The molecule has 0 aliphatic carbocycles. The number of hydrogen-bond acceptors (Lipinski definition) is 3. The Morgan fingerprint density at radius 1 is 1.33 bits per heavy atom. The molecule has 0 saturated heterocycles. The highest BCUT2D eigenvalue weighted by atomic mass is 16.6. The third-order valence-electron chi connectivity index (χ3n) is 2.11. The second-order valence-corrected chi connectivity index (χ2v) is 3.14. The molecule has 0 saturated carbocycles. The van der Waals surface area contributed by atoms with E-state index in [9.17, 15) is 10.1 Å². The Labute approximate surface area is 72.7 Å². The van der Waals surface area contributed by atoms with Crippen LogP contribution < -0.4 is 0 Å². The van der Waals surface area contributed by atoms with Gasteiger partial charge in [0.25, 0.3) is 0 Å². The van der Waals surface area contributed by atoms with Crippen LogP contribution in [0, 0.1) is 10.1 Å². The largest absolute Gasteiger partial charge is 0.389 e. The van der Waals surface area contributed by atoms with Crippen LogP contribution in [-0.2, 0) is 0 Å². The number of aliphatic hydroxyl groups excluding tert-OH is 1. The van der Waals surface area contributed by atoms with Gasteiger partial charge in [-0.05, 0) is 12.8 Å². The first-order valence-corrected chi connectivity index (χ1v) is 4.38. The fraction of sp³-hybridized carbons (Fsp3) is 1.00. The van der Waals surface area contributed by atoms with Crippen molar-refractivity contribution in [2.45, 2.75) is 45.1 Å². The molecule has 0 aromatic rings. The Morgan fingerprint density at radius 2 is 1.75 bits per heavy atom. The molecule has 4 nitrogen and oxygen atoms in total. The zero-order chi connectivity index (χ0) is 9.61. The molecule has 12 heavy (non-hydrogen) atoms. The van der Waals surface area contributed by atoms with Crippen molar-refractivity contribution in [3.05, 3.63) is 10.1 Å². The third-order valence-corrected chi connectivity index (χ3v) is 2.11. The minimum absolute atomic E-state index is 0.333. The molecule has 0 aromatic heterocycles. The maximum absolute atomic E-state index is 10.7. The van der Waals surface area contributed by atoms with Crippen LogP contribution in [0.2, 0.25) is 0 Å². The Bertz CT molecular complexity index is 141. The third kappa shape index (κ3) is 2.44. The second-order valence-electron chi connectivity index (χ2n) is 3.14. The first-order valence-electron chi connectivity index (χ1n) is 4.38. The van der Waals surface area contributed by atoms with Gasteiger partial charge in [0, 0.05) is 17.8 Å². The number of aliphatic hydroxyl groups is 1. The molecule has 1 N–H and O–H groups in total. The van der Waals surface area contributed by atoms with E-state index < -0.39 is 5.54 Å². The molecule has 0 bridgehead atoms. The van der Waals surface area contributed by atoms with Crippen LogP contribution in [0.5, 0.6) is 0 Å². The van der Waals surface area contributed by atoms with Gasteiger partial charge < -0.3 is 5.11 Å². The van der Waals surface area contributed by atoms with Gasteiger partial charge in [-0.25, -0.2) is 0 Å². The SMILES string of the molecule is CCCC(CO)(CCC)[N+](=O)[O-]. The van der Waals surface area contributed by atoms with Gasteiger partial charge in [0.2, 0.25) is 5.54 Å². The first kappa shape index (κ1) is 11.4. The highest BCUT2D eigenvalue weighted by Crippen LogP contribution is 2.22. The molecule has 0 radical (unpaired) electrons. The number of rotatable bonds is 6. The standard InChI is InChI=1S/C8H17NO3/c1-3-5-8(7-10,6-4-2)9(11)12/h10H,3-7H2,1-2H3. The molecular weight excluding hydrogens is 158 g/mol. The highest BCUT2D eigenvalue weighted by molar-refractivity contribution is 4.77. The van der Waals surface area contributed by atoms with Gasteiger partial charge in [-0.1, -0.05) is 13.8 Å². The van der Waals surface area contributed by atoms with Gasteiger partial charge in [0.15, 0.2) is 0 Å². The van der Waals surface area contributed by atoms with E-state index in [0.717, 1.165) is 12.8 Å². The Kier molecular flexibility index (Phi) is 4.81. The van der Waals surface area contributed by atoms with Crippen LogP contribution in [0.4, 0.5) is 0 Å². The van der Waals surface area contributed by atoms with E-state index in [-0.39, 0.29) is 11.5 Å². The van der Waals surface area contributed by atoms with E-state index in [2.05, 4.69) is 0 Å². The first-order chi connectivity index (χ1) is 5.63. The summed E-state index contributed by atoms with van der Waals surface area (Å²) in [6.45, 7) is 3.44. The molecule has 0 aromatic carbocycles. The second kappa shape index (κ2) is 5.09. The molecule has 0 amide bonds. The number of nitro groups is 1. The lowest BCUT2D eigenvalue weighted by molar-refractivity contribution is -0.576. The summed E-state index contributed by atoms with van der Waals surface area (Å²) >= 11 is 0. The number of hydrogen-bond donors (Lipinski definition) is 1. The summed E-state index contributed by atoms with van der Waals surface area (Å²) in [7, 11) is 0. The van der Waals surface area contributed by atoms with Crippen LogP contribution in [-0.4, -0.2) is 22.2 Å². The van der Waals surface area contributed by atoms with Crippen molar-refractivity contribution in [2.24, 2.45) is 0 Å². The van der Waals surface area contributed by atoms with Crippen molar-refractivity contribution >= 4 is 0 Å². The Morgan fingerprint density at radius 3 is 1.92 bits per heavy atom. The lowest BCUT2D eigenvalue weighted by Gasteiger charge is -2.21. The van der Waals surface area contributed by atoms with Gasteiger partial charge in [0.05, 0.1) is 0 Å². The molecule has 0 aliphatic heterocycles. The van der Waals surface area contributed by atoms with Gasteiger partial charge in [-0.15, -0.1) is 0 Å². The Balaban J connectivity index is 4.39. The molecule has 0 unspecified atom stereocenters. The van der Waals surface area contributed by atoms with Crippen molar-refractivity contribution in [2.75, 3.05) is 6.61 Å². The Hall–Kier alpha value is -0.640. The zero-order valence-electron chi connectivity index (χ0n) is 7.75. The molecule has 0 fully saturated rings. The summed E-state index contributed by atoms with van der Waals surface area (Å²) < 4.78 is 0. The molecule has 0 atom stereocenters. The van der Waals surface area contributed by atoms with E-state index in [1.807, 2.05) is 13.8 Å². The molecule has 0 heterocycles. The van der Waals surface area contributed by atoms with Crippen LogP contribution in [0.1, 0.15) is 39.5 Å². The minimum Gasteiger partial charge on any atom is -0.389 e. The predicted molar refractivity (Wildman–Crippen MR) is 46.6 cm³/mol. The highest BCUT2D eigenvalue weighted by Gasteiger charge is 2.39. The summed E-state index contributed by atoms with van der Waals surface area (Å²) in [6, 6.07) is 0. The molecule has 0 rings (SSSR count). The van der Waals surface area contributed by atoms with Gasteiger partial charge >= 0.3 is 0 Å². The van der Waals surface area contributed by atoms with E-state index in [1.165, 1.54) is 0 Å². The maximum Gasteiger partial charge on any atom is 0.244 e. The van der Waals surface area contributed by atoms with Crippen molar-refractivity contribution in [1.29, 1.82) is 0 Å². The summed E-state index contributed by atoms with van der Waals surface area (Å²) in [5.41, 5.74) is -1.08. The molecule has 4 heteroatoms. The topological polar surface area (TPSA) is 63.4 Å². The molecule has 0 aliphatic rings. The smallest absolute Gasteiger partial charge is 0.244 e. The van der Waals surface area contributed by atoms with Gasteiger partial charge in [-0.2, -0.15) is 0 Å². The monoisotopic (exact) mass is 175 g/mol. The van der Waals surface area contributed by atoms with Crippen molar-refractivity contribution in [1.82, 2.24) is 0 Å². The van der Waals surface area contributed by atoms with Crippen LogP contribution in [0.25, 0.3) is 0 Å². The van der Waals surface area contributed by atoms with Crippen LogP contribution in [0.15, 0.2) is 0 Å². The summed E-state index contributed by atoms with van der Waals surface area (Å²) in [5.74, 6) is 0. The van der Waals surface area contributed by atoms with Gasteiger partial charge in [0.1, 0.15) is 6.61 Å². The number of nitrogens with zero attached hydrogens (tertiary/aromatic N) is 1. The minimum atomic E-state index is -1.08. The normalized spacial score (nSPS) is 11.6. The van der Waals surface area contributed by atoms with E-state index in [4.69, 9.17) is 5.11 Å². The fourth-order valence-corrected chi connectivity index (χ4v) is 1.45. The lowest BCUT2D eigenvalue weighted by Crippen LogP contribution is -2.41. The van der Waals surface area contributed by atoms with Crippen molar-refractivity contribution in [3.8, 4) is 0 Å². The summed E-state index contributed by atoms with van der Waals surface area (Å²) in [4.78, 5) is 10.3. The van der Waals surface area contributed by atoms with Crippen LogP contribution in [0.3, 0.4) is 0 Å². The maximum atomic E-state index is 10.7.